The number of hydrogen-bond acceptors (Lipinski definition) is 5. The van der Waals surface area contributed by atoms with Gasteiger partial charge in [-0.25, -0.2) is 14.8 Å². The van der Waals surface area contributed by atoms with Crippen LogP contribution in [0.25, 0.3) is 11.0 Å². The molecular formula is C7H5ClN4O2. The van der Waals surface area contributed by atoms with Gasteiger partial charge in [-0.2, -0.15) is 5.10 Å². The van der Waals surface area contributed by atoms with Crippen LogP contribution in [-0.2, 0) is 4.74 Å². The zero-order valence-electron chi connectivity index (χ0n) is 7.14. The number of rotatable bonds is 0. The fourth-order valence-corrected chi connectivity index (χ4v) is 1.21. The first-order valence-electron chi connectivity index (χ1n) is 3.66. The molecule has 0 aliphatic carbocycles. The van der Waals surface area contributed by atoms with Crippen LogP contribution >= 0.6 is 11.6 Å². The third-order valence-corrected chi connectivity index (χ3v) is 1.97. The van der Waals surface area contributed by atoms with Crippen molar-refractivity contribution in [3.63, 3.8) is 0 Å². The Morgan fingerprint density at radius 2 is 2.36 bits per heavy atom. The highest BCUT2D eigenvalue weighted by Gasteiger charge is 2.13. The maximum Gasteiger partial charge on any atom is 0.436 e. The summed E-state index contributed by atoms with van der Waals surface area (Å²) in [7, 11) is 1.26. The first kappa shape index (κ1) is 8.89. The van der Waals surface area contributed by atoms with E-state index >= 15 is 0 Å². The third kappa shape index (κ3) is 1.20. The SMILES string of the molecule is COC(=O)n1ncc2c(Cl)ncnc21. The third-order valence-electron chi connectivity index (χ3n) is 1.66. The Hall–Kier alpha value is -1.69. The molecule has 14 heavy (non-hydrogen) atoms. The van der Waals surface area contributed by atoms with E-state index in [1.54, 1.807) is 0 Å². The van der Waals surface area contributed by atoms with E-state index in [4.69, 9.17) is 11.6 Å². The predicted molar refractivity (Wildman–Crippen MR) is 48.1 cm³/mol. The second-order valence-electron chi connectivity index (χ2n) is 2.43. The molecule has 72 valence electrons. The lowest BCUT2D eigenvalue weighted by Crippen LogP contribution is -2.13. The van der Waals surface area contributed by atoms with Gasteiger partial charge in [0.05, 0.1) is 18.7 Å². The molecule has 0 amide bonds. The maximum absolute atomic E-state index is 11.2. The molecule has 0 aromatic carbocycles. The summed E-state index contributed by atoms with van der Waals surface area (Å²) in [5, 5.41) is 4.55. The van der Waals surface area contributed by atoms with Crippen LogP contribution in [0.2, 0.25) is 5.15 Å². The Morgan fingerprint density at radius 3 is 3.07 bits per heavy atom. The van der Waals surface area contributed by atoms with Gasteiger partial charge in [0.25, 0.3) is 0 Å². The second-order valence-corrected chi connectivity index (χ2v) is 2.79. The molecule has 0 radical (unpaired) electrons. The van der Waals surface area contributed by atoms with Crippen molar-refractivity contribution in [3.8, 4) is 0 Å². The highest BCUT2D eigenvalue weighted by Crippen LogP contribution is 2.17. The molecule has 0 bridgehead atoms. The van der Waals surface area contributed by atoms with Crippen molar-refractivity contribution in [3.05, 3.63) is 17.7 Å². The molecule has 0 saturated carbocycles. The maximum atomic E-state index is 11.2. The van der Waals surface area contributed by atoms with Crippen molar-refractivity contribution in [2.24, 2.45) is 0 Å². The summed E-state index contributed by atoms with van der Waals surface area (Å²) in [6.07, 6.45) is 2.05. The van der Waals surface area contributed by atoms with E-state index in [-0.39, 0.29) is 5.15 Å². The summed E-state index contributed by atoms with van der Waals surface area (Å²) < 4.78 is 5.52. The number of carbonyl (C=O) groups is 1. The Kier molecular flexibility index (Phi) is 2.05. The molecule has 0 atom stereocenters. The van der Waals surface area contributed by atoms with Gasteiger partial charge in [-0.1, -0.05) is 11.6 Å². The number of nitrogens with zero attached hydrogens (tertiary/aromatic N) is 4. The Morgan fingerprint density at radius 1 is 1.57 bits per heavy atom. The van der Waals surface area contributed by atoms with Gasteiger partial charge < -0.3 is 4.74 Å². The van der Waals surface area contributed by atoms with Crippen molar-refractivity contribution in [2.75, 3.05) is 7.11 Å². The van der Waals surface area contributed by atoms with Crippen molar-refractivity contribution < 1.29 is 9.53 Å². The molecular weight excluding hydrogens is 208 g/mol. The predicted octanol–water partition coefficient (Wildman–Crippen LogP) is 1.09. The molecule has 2 aromatic rings. The quantitative estimate of drug-likeness (QED) is 0.612. The standard InChI is InChI=1S/C7H5ClN4O2/c1-14-7(13)12-6-4(2-11-12)5(8)9-3-10-6/h2-3H,1H3. The van der Waals surface area contributed by atoms with Crippen LogP contribution < -0.4 is 0 Å². The van der Waals surface area contributed by atoms with E-state index in [0.717, 1.165) is 4.68 Å². The smallest absolute Gasteiger partial charge is 0.436 e. The summed E-state index contributed by atoms with van der Waals surface area (Å²) in [4.78, 5) is 18.8. The number of halogens is 1. The van der Waals surface area contributed by atoms with Gasteiger partial charge in [-0.3, -0.25) is 0 Å². The lowest BCUT2D eigenvalue weighted by atomic mass is 10.4. The van der Waals surface area contributed by atoms with Gasteiger partial charge >= 0.3 is 6.09 Å². The number of fused-ring (bicyclic) bond motifs is 1. The minimum Gasteiger partial charge on any atom is -0.451 e. The molecule has 0 spiro atoms. The molecule has 0 saturated heterocycles. The van der Waals surface area contributed by atoms with Crippen molar-refractivity contribution in [1.82, 2.24) is 19.7 Å². The summed E-state index contributed by atoms with van der Waals surface area (Å²) in [5.41, 5.74) is 0.330. The van der Waals surface area contributed by atoms with Crippen LogP contribution in [0.4, 0.5) is 4.79 Å². The Balaban J connectivity index is 2.70. The summed E-state index contributed by atoms with van der Waals surface area (Å²) in [5.74, 6) is 0. The van der Waals surface area contributed by atoms with E-state index in [0.29, 0.717) is 11.0 Å². The Labute approximate surface area is 83.5 Å². The average molecular weight is 213 g/mol. The fraction of sp³-hybridized carbons (Fsp3) is 0.143. The molecule has 0 fully saturated rings. The molecule has 6 nitrogen and oxygen atoms in total. The van der Waals surface area contributed by atoms with E-state index in [9.17, 15) is 4.79 Å². The largest absolute Gasteiger partial charge is 0.451 e. The molecule has 2 aromatic heterocycles. The monoisotopic (exact) mass is 212 g/mol. The minimum atomic E-state index is -0.616. The molecule has 0 unspecified atom stereocenters. The topological polar surface area (TPSA) is 69.9 Å². The normalized spacial score (nSPS) is 10.4. The number of hydrogen-bond donors (Lipinski definition) is 0. The first-order valence-corrected chi connectivity index (χ1v) is 4.04. The van der Waals surface area contributed by atoms with Gasteiger partial charge in [0, 0.05) is 0 Å². The van der Waals surface area contributed by atoms with Crippen LogP contribution in [0.15, 0.2) is 12.5 Å². The van der Waals surface area contributed by atoms with Crippen LogP contribution in [0, 0.1) is 0 Å². The van der Waals surface area contributed by atoms with Crippen LogP contribution in [0.3, 0.4) is 0 Å². The zero-order chi connectivity index (χ0) is 10.1. The lowest BCUT2D eigenvalue weighted by molar-refractivity contribution is 0.170. The number of methoxy groups -OCH3 is 1. The lowest BCUT2D eigenvalue weighted by Gasteiger charge is -1.98. The van der Waals surface area contributed by atoms with Crippen LogP contribution in [-0.4, -0.2) is 33.0 Å². The molecule has 0 aliphatic heterocycles. The molecule has 2 heterocycles. The summed E-state index contributed by atoms with van der Waals surface area (Å²) >= 11 is 5.76. The summed E-state index contributed by atoms with van der Waals surface area (Å²) in [6, 6.07) is 0. The van der Waals surface area contributed by atoms with Crippen molar-refractivity contribution in [2.45, 2.75) is 0 Å². The average Bonchev–Trinajstić information content (AvgIpc) is 2.62. The van der Waals surface area contributed by atoms with Crippen LogP contribution in [0.5, 0.6) is 0 Å². The van der Waals surface area contributed by atoms with Crippen molar-refractivity contribution >= 4 is 28.7 Å². The highest BCUT2D eigenvalue weighted by atomic mass is 35.5. The number of aromatic nitrogens is 4. The fourth-order valence-electron chi connectivity index (χ4n) is 1.04. The van der Waals surface area contributed by atoms with E-state index < -0.39 is 6.09 Å². The second kappa shape index (κ2) is 3.22. The van der Waals surface area contributed by atoms with Crippen LogP contribution in [0.1, 0.15) is 0 Å². The summed E-state index contributed by atoms with van der Waals surface area (Å²) in [6.45, 7) is 0. The van der Waals surface area contributed by atoms with E-state index in [1.807, 2.05) is 0 Å². The van der Waals surface area contributed by atoms with Gasteiger partial charge in [-0.15, -0.1) is 4.68 Å². The van der Waals surface area contributed by atoms with Gasteiger partial charge in [-0.05, 0) is 0 Å². The number of carbonyl (C=O) groups excluding carboxylic acids is 1. The van der Waals surface area contributed by atoms with Gasteiger partial charge in [0.2, 0.25) is 0 Å². The van der Waals surface area contributed by atoms with Gasteiger partial charge in [0.15, 0.2) is 5.65 Å². The molecule has 2 rings (SSSR count). The van der Waals surface area contributed by atoms with Gasteiger partial charge in [0.1, 0.15) is 11.5 Å². The molecule has 0 N–H and O–H groups in total. The number of ether oxygens (including phenoxy) is 1. The minimum absolute atomic E-state index is 0.255. The van der Waals surface area contributed by atoms with E-state index in [1.165, 1.54) is 19.6 Å². The first-order chi connectivity index (χ1) is 6.74. The zero-order valence-corrected chi connectivity index (χ0v) is 7.89. The molecule has 7 heteroatoms. The Bertz CT molecular complexity index is 495. The van der Waals surface area contributed by atoms with E-state index in [2.05, 4.69) is 19.8 Å². The highest BCUT2D eigenvalue weighted by molar-refractivity contribution is 6.33. The molecule has 0 aliphatic rings. The van der Waals surface area contributed by atoms with Crippen molar-refractivity contribution in [1.29, 1.82) is 0 Å².